The van der Waals surface area contributed by atoms with Gasteiger partial charge in [-0.3, -0.25) is 37.3 Å². The lowest BCUT2D eigenvalue weighted by molar-refractivity contribution is -0.161. The second-order valence-corrected chi connectivity index (χ2v) is 32.8. The lowest BCUT2D eigenvalue weighted by Crippen LogP contribution is -2.30. The smallest absolute Gasteiger partial charge is 0.462 e. The number of aliphatic hydroxyl groups excluding tert-OH is 1. The van der Waals surface area contributed by atoms with Crippen LogP contribution in [0.5, 0.6) is 0 Å². The van der Waals surface area contributed by atoms with E-state index in [0.717, 1.165) is 121 Å². The van der Waals surface area contributed by atoms with Crippen LogP contribution in [-0.2, 0) is 65.4 Å². The monoisotopic (exact) mass is 1460 g/mol. The Hall–Kier alpha value is -2.46. The second-order valence-electron chi connectivity index (χ2n) is 29.9. The average Bonchev–Trinajstić information content (AvgIpc) is 0.935. The van der Waals surface area contributed by atoms with E-state index in [-0.39, 0.29) is 25.7 Å². The number of hydrogen-bond donors (Lipinski definition) is 3. The minimum absolute atomic E-state index is 0.0852. The van der Waals surface area contributed by atoms with Crippen LogP contribution < -0.4 is 0 Å². The molecule has 3 unspecified atom stereocenters. The van der Waals surface area contributed by atoms with Crippen LogP contribution in [0.2, 0.25) is 0 Å². The number of carbonyl (C=O) groups is 4. The van der Waals surface area contributed by atoms with Gasteiger partial charge in [0, 0.05) is 25.7 Å². The summed E-state index contributed by atoms with van der Waals surface area (Å²) in [5, 5.41) is 10.6. The molecule has 0 saturated carbocycles. The number of ether oxygens (including phenoxy) is 4. The number of carbonyl (C=O) groups excluding carboxylic acids is 4. The fourth-order valence-corrected chi connectivity index (χ4v) is 13.5. The van der Waals surface area contributed by atoms with Crippen molar-refractivity contribution in [2.45, 2.75) is 414 Å². The van der Waals surface area contributed by atoms with Crippen LogP contribution in [0.15, 0.2) is 24.3 Å². The van der Waals surface area contributed by atoms with Crippen molar-refractivity contribution >= 4 is 39.5 Å². The lowest BCUT2D eigenvalue weighted by atomic mass is 10.0. The number of hydrogen-bond acceptors (Lipinski definition) is 15. The molecule has 0 spiro atoms. The standard InChI is InChI=1S/C81H154O17P2/c1-8-9-10-11-12-13-14-15-20-25-30-35-42-50-57-64-80(85)97-76(68-91-78(83)62-55-48-41-34-29-24-22-19-17-16-18-21-23-27-32-38-45-52-59-72(2)3)70-95-99(87,88)93-66-75(82)67-94-100(89,90)96-71-77(69-92-79(84)63-56-49-44-37-40-47-54-61-74(6)7)98-81(86)65-58-51-43-36-31-26-28-33-39-46-53-60-73(4)5/h13-15,20,72-77,82H,8-12,16-19,21-71H2,1-7H3,(H,87,88)(H,89,90)/b14-13-,20-15-/t75?,76-,77-/m1/s1. The van der Waals surface area contributed by atoms with E-state index in [2.05, 4.69) is 72.8 Å². The Bertz CT molecular complexity index is 2030. The number of aliphatic hydroxyl groups is 1. The number of phosphoric acid groups is 2. The molecule has 19 heteroatoms. The van der Waals surface area contributed by atoms with Gasteiger partial charge in [-0.2, -0.15) is 0 Å². The number of rotatable bonds is 77. The highest BCUT2D eigenvalue weighted by atomic mass is 31.2. The predicted octanol–water partition coefficient (Wildman–Crippen LogP) is 23.7. The van der Waals surface area contributed by atoms with Crippen molar-refractivity contribution < 1.29 is 80.2 Å². The molecule has 0 rings (SSSR count). The molecule has 0 heterocycles. The lowest BCUT2D eigenvalue weighted by Gasteiger charge is -2.21. The van der Waals surface area contributed by atoms with Crippen LogP contribution in [-0.4, -0.2) is 96.7 Å². The summed E-state index contributed by atoms with van der Waals surface area (Å²) in [6.45, 7) is 11.8. The Balaban J connectivity index is 5.24. The average molecular weight is 1460 g/mol. The summed E-state index contributed by atoms with van der Waals surface area (Å²) >= 11 is 0. The third kappa shape index (κ3) is 73.8. The van der Waals surface area contributed by atoms with Crippen LogP contribution in [0.3, 0.4) is 0 Å². The molecule has 17 nitrogen and oxygen atoms in total. The Morgan fingerprint density at radius 2 is 0.540 bits per heavy atom. The summed E-state index contributed by atoms with van der Waals surface area (Å²) in [7, 11) is -9.93. The summed E-state index contributed by atoms with van der Waals surface area (Å²) in [5.74, 6) is 0.145. The van der Waals surface area contributed by atoms with E-state index in [1.165, 1.54) is 186 Å². The van der Waals surface area contributed by atoms with Gasteiger partial charge in [0.25, 0.3) is 0 Å². The van der Waals surface area contributed by atoms with Crippen LogP contribution in [0.1, 0.15) is 395 Å². The Morgan fingerprint density at radius 1 is 0.310 bits per heavy atom. The largest absolute Gasteiger partial charge is 0.472 e. The maximum atomic E-state index is 13.1. The van der Waals surface area contributed by atoms with E-state index < -0.39 is 97.5 Å². The zero-order valence-corrected chi connectivity index (χ0v) is 66.9. The number of unbranched alkanes of at least 4 members (excludes halogenated alkanes) is 42. The number of phosphoric ester groups is 2. The molecule has 0 aromatic rings. The fourth-order valence-electron chi connectivity index (χ4n) is 11.9. The number of esters is 4. The molecule has 0 aliphatic rings. The first-order valence-corrected chi connectivity index (χ1v) is 44.2. The topological polar surface area (TPSA) is 237 Å². The van der Waals surface area contributed by atoms with Crippen molar-refractivity contribution in [1.82, 2.24) is 0 Å². The summed E-state index contributed by atoms with van der Waals surface area (Å²) in [6, 6.07) is 0. The van der Waals surface area contributed by atoms with Gasteiger partial charge in [-0.05, 0) is 69.1 Å². The van der Waals surface area contributed by atoms with Gasteiger partial charge in [-0.1, -0.05) is 342 Å². The normalized spacial score (nSPS) is 14.1. The van der Waals surface area contributed by atoms with Gasteiger partial charge in [0.05, 0.1) is 26.4 Å². The molecule has 0 amide bonds. The van der Waals surface area contributed by atoms with Gasteiger partial charge in [-0.25, -0.2) is 9.13 Å². The molecule has 0 aliphatic carbocycles. The van der Waals surface area contributed by atoms with Gasteiger partial charge in [0.2, 0.25) is 0 Å². The molecule has 0 aromatic heterocycles. The maximum absolute atomic E-state index is 13.1. The third-order valence-electron chi connectivity index (χ3n) is 18.3. The first-order chi connectivity index (χ1) is 48.2. The molecular weight excluding hydrogens is 1310 g/mol. The molecule has 3 N–H and O–H groups in total. The zero-order chi connectivity index (χ0) is 73.7. The van der Waals surface area contributed by atoms with E-state index in [1.54, 1.807) is 0 Å². The van der Waals surface area contributed by atoms with Crippen LogP contribution in [0, 0.1) is 17.8 Å². The quantitative estimate of drug-likeness (QED) is 0.0169. The number of allylic oxidation sites excluding steroid dienone is 4. The Morgan fingerprint density at radius 3 is 0.810 bits per heavy atom. The molecule has 100 heavy (non-hydrogen) atoms. The van der Waals surface area contributed by atoms with Gasteiger partial charge in [-0.15, -0.1) is 0 Å². The summed E-state index contributed by atoms with van der Waals surface area (Å²) in [6.07, 6.45) is 62.0. The van der Waals surface area contributed by atoms with Crippen molar-refractivity contribution in [2.75, 3.05) is 39.6 Å². The van der Waals surface area contributed by atoms with Crippen LogP contribution in [0.25, 0.3) is 0 Å². The summed E-state index contributed by atoms with van der Waals surface area (Å²) < 4.78 is 68.6. The molecule has 0 bridgehead atoms. The highest BCUT2D eigenvalue weighted by Crippen LogP contribution is 2.45. The van der Waals surface area contributed by atoms with E-state index in [9.17, 15) is 43.2 Å². The molecule has 5 atom stereocenters. The molecule has 590 valence electrons. The van der Waals surface area contributed by atoms with Gasteiger partial charge < -0.3 is 33.8 Å². The van der Waals surface area contributed by atoms with Crippen LogP contribution >= 0.6 is 15.6 Å². The van der Waals surface area contributed by atoms with Crippen molar-refractivity contribution in [1.29, 1.82) is 0 Å². The van der Waals surface area contributed by atoms with E-state index in [0.29, 0.717) is 31.6 Å². The highest BCUT2D eigenvalue weighted by Gasteiger charge is 2.30. The van der Waals surface area contributed by atoms with Gasteiger partial charge in [0.1, 0.15) is 19.3 Å². The molecule has 0 aromatic carbocycles. The zero-order valence-electron chi connectivity index (χ0n) is 65.2. The van der Waals surface area contributed by atoms with Crippen LogP contribution in [0.4, 0.5) is 0 Å². The summed E-state index contributed by atoms with van der Waals surface area (Å²) in [4.78, 5) is 72.9. The summed E-state index contributed by atoms with van der Waals surface area (Å²) in [5.41, 5.74) is 0. The highest BCUT2D eigenvalue weighted by molar-refractivity contribution is 7.47. The van der Waals surface area contributed by atoms with Crippen molar-refractivity contribution in [3.63, 3.8) is 0 Å². The van der Waals surface area contributed by atoms with Crippen molar-refractivity contribution in [3.05, 3.63) is 24.3 Å². The van der Waals surface area contributed by atoms with Gasteiger partial charge in [0.15, 0.2) is 12.2 Å². The first-order valence-electron chi connectivity index (χ1n) is 41.2. The van der Waals surface area contributed by atoms with E-state index in [1.807, 2.05) is 0 Å². The van der Waals surface area contributed by atoms with Gasteiger partial charge >= 0.3 is 39.5 Å². The van der Waals surface area contributed by atoms with E-state index >= 15 is 0 Å². The van der Waals surface area contributed by atoms with Crippen molar-refractivity contribution in [3.8, 4) is 0 Å². The molecular formula is C81H154O17P2. The minimum Gasteiger partial charge on any atom is -0.462 e. The SMILES string of the molecule is CCCCCC/C=C\C=C/CCCCCCCC(=O)O[C@H](COC(=O)CCCCCCCCCCCCCCCCCCCCC(C)C)COP(=O)(O)OCC(O)COP(=O)(O)OC[C@@H](COC(=O)CCCCCCCCCC(C)C)OC(=O)CCCCCCCCCCCCCC(C)C. The fraction of sp³-hybridized carbons (Fsp3) is 0.901. The maximum Gasteiger partial charge on any atom is 0.472 e. The van der Waals surface area contributed by atoms with Crippen molar-refractivity contribution in [2.24, 2.45) is 17.8 Å². The molecule has 0 saturated heterocycles. The second kappa shape index (κ2) is 70.8. The Labute approximate surface area is 612 Å². The van der Waals surface area contributed by atoms with E-state index in [4.69, 9.17) is 37.0 Å². The molecule has 0 radical (unpaired) electrons. The Kier molecular flexibility index (Phi) is 69.1. The molecule has 0 fully saturated rings. The minimum atomic E-state index is -4.97. The first kappa shape index (κ1) is 97.5. The molecule has 0 aliphatic heterocycles. The predicted molar refractivity (Wildman–Crippen MR) is 409 cm³/mol. The third-order valence-corrected chi connectivity index (χ3v) is 20.2.